The Kier molecular flexibility index (Phi) is 5.75. The summed E-state index contributed by atoms with van der Waals surface area (Å²) in [6, 6.07) is 13.2. The van der Waals surface area contributed by atoms with Crippen molar-refractivity contribution in [2.75, 3.05) is 0 Å². The fourth-order valence-electron chi connectivity index (χ4n) is 2.29. The van der Waals surface area contributed by atoms with Gasteiger partial charge in [0.1, 0.15) is 11.3 Å². The van der Waals surface area contributed by atoms with Crippen molar-refractivity contribution in [3.8, 4) is 11.5 Å². The topological polar surface area (TPSA) is 67.4 Å². The molecule has 2 N–H and O–H groups in total. The lowest BCUT2D eigenvalue weighted by Crippen LogP contribution is -2.53. The lowest BCUT2D eigenvalue weighted by molar-refractivity contribution is -0.131. The van der Waals surface area contributed by atoms with Crippen LogP contribution in [-0.2, 0) is 16.1 Å². The highest BCUT2D eigenvalue weighted by molar-refractivity contribution is 5.90. The van der Waals surface area contributed by atoms with E-state index in [1.54, 1.807) is 50.2 Å². The average molecular weight is 344 g/mol. The molecule has 0 aliphatic heterocycles. The van der Waals surface area contributed by atoms with Crippen LogP contribution in [0, 0.1) is 5.82 Å². The van der Waals surface area contributed by atoms with Gasteiger partial charge in [-0.05, 0) is 32.0 Å². The molecule has 0 saturated carbocycles. The van der Waals surface area contributed by atoms with Crippen molar-refractivity contribution >= 4 is 11.8 Å². The van der Waals surface area contributed by atoms with Gasteiger partial charge in [-0.2, -0.15) is 0 Å². The van der Waals surface area contributed by atoms with Crippen molar-refractivity contribution < 1.29 is 18.7 Å². The summed E-state index contributed by atoms with van der Waals surface area (Å²) in [5.41, 5.74) is -0.342. The van der Waals surface area contributed by atoms with Crippen molar-refractivity contribution in [1.29, 1.82) is 0 Å². The number of amides is 2. The van der Waals surface area contributed by atoms with Crippen LogP contribution in [0.25, 0.3) is 0 Å². The van der Waals surface area contributed by atoms with Crippen LogP contribution in [0.4, 0.5) is 4.39 Å². The standard InChI is InChI=1S/C19H21FN2O3/c1-13(23)22-19(2,3)18(24)21-12-14-8-4-6-10-16(14)25-17-11-7-5-9-15(17)20/h4-11H,12H2,1-3H3,(H,21,24)(H,22,23). The van der Waals surface area contributed by atoms with E-state index in [1.165, 1.54) is 19.1 Å². The summed E-state index contributed by atoms with van der Waals surface area (Å²) in [5.74, 6) is -0.523. The maximum Gasteiger partial charge on any atom is 0.245 e. The number of benzene rings is 2. The molecule has 0 saturated heterocycles. The molecule has 0 aromatic heterocycles. The Morgan fingerprint density at radius 1 is 1.04 bits per heavy atom. The molecular formula is C19H21FN2O3. The molecule has 0 radical (unpaired) electrons. The fourth-order valence-corrected chi connectivity index (χ4v) is 2.29. The van der Waals surface area contributed by atoms with E-state index in [0.717, 1.165) is 0 Å². The first-order chi connectivity index (χ1) is 11.8. The first-order valence-corrected chi connectivity index (χ1v) is 7.87. The van der Waals surface area contributed by atoms with Gasteiger partial charge in [0.25, 0.3) is 0 Å². The first kappa shape index (κ1) is 18.4. The zero-order chi connectivity index (χ0) is 18.4. The van der Waals surface area contributed by atoms with Gasteiger partial charge in [-0.25, -0.2) is 4.39 Å². The van der Waals surface area contributed by atoms with E-state index in [1.807, 2.05) is 0 Å². The zero-order valence-corrected chi connectivity index (χ0v) is 14.4. The SMILES string of the molecule is CC(=O)NC(C)(C)C(=O)NCc1ccccc1Oc1ccccc1F. The van der Waals surface area contributed by atoms with Gasteiger partial charge in [-0.3, -0.25) is 9.59 Å². The molecular weight excluding hydrogens is 323 g/mol. The van der Waals surface area contributed by atoms with E-state index in [-0.39, 0.29) is 24.1 Å². The van der Waals surface area contributed by atoms with Crippen molar-refractivity contribution in [1.82, 2.24) is 10.6 Å². The number of rotatable bonds is 6. The molecule has 0 heterocycles. The molecule has 0 atom stereocenters. The van der Waals surface area contributed by atoms with E-state index >= 15 is 0 Å². The van der Waals surface area contributed by atoms with Crippen LogP contribution in [0.1, 0.15) is 26.3 Å². The molecule has 0 aliphatic carbocycles. The minimum atomic E-state index is -1.03. The van der Waals surface area contributed by atoms with Gasteiger partial charge in [-0.15, -0.1) is 0 Å². The number of carbonyl (C=O) groups is 2. The van der Waals surface area contributed by atoms with Gasteiger partial charge in [0.2, 0.25) is 11.8 Å². The number of nitrogens with one attached hydrogen (secondary N) is 2. The third-order valence-corrected chi connectivity index (χ3v) is 3.52. The van der Waals surface area contributed by atoms with Crippen molar-refractivity contribution in [2.24, 2.45) is 0 Å². The van der Waals surface area contributed by atoms with E-state index in [0.29, 0.717) is 11.3 Å². The van der Waals surface area contributed by atoms with Crippen LogP contribution in [0.5, 0.6) is 11.5 Å². The second-order valence-corrected chi connectivity index (χ2v) is 6.13. The number of halogens is 1. The van der Waals surface area contributed by atoms with Crippen LogP contribution in [0.15, 0.2) is 48.5 Å². The monoisotopic (exact) mass is 344 g/mol. The Morgan fingerprint density at radius 2 is 1.64 bits per heavy atom. The van der Waals surface area contributed by atoms with Crippen LogP contribution >= 0.6 is 0 Å². The molecule has 2 amide bonds. The number of ether oxygens (including phenoxy) is 1. The second kappa shape index (κ2) is 7.79. The van der Waals surface area contributed by atoms with Crippen molar-refractivity contribution in [3.05, 3.63) is 59.9 Å². The number of hydrogen-bond acceptors (Lipinski definition) is 3. The molecule has 0 bridgehead atoms. The summed E-state index contributed by atoms with van der Waals surface area (Å²) in [7, 11) is 0. The van der Waals surface area contributed by atoms with Crippen LogP contribution < -0.4 is 15.4 Å². The molecule has 2 aromatic carbocycles. The van der Waals surface area contributed by atoms with Crippen molar-refractivity contribution in [3.63, 3.8) is 0 Å². The minimum Gasteiger partial charge on any atom is -0.454 e. The molecule has 5 nitrogen and oxygen atoms in total. The predicted molar refractivity (Wildman–Crippen MR) is 92.7 cm³/mol. The maximum absolute atomic E-state index is 13.8. The summed E-state index contributed by atoms with van der Waals surface area (Å²) in [5, 5.41) is 5.34. The highest BCUT2D eigenvalue weighted by Gasteiger charge is 2.28. The smallest absolute Gasteiger partial charge is 0.245 e. The Bertz CT molecular complexity index is 775. The maximum atomic E-state index is 13.8. The van der Waals surface area contributed by atoms with Crippen LogP contribution in [0.2, 0.25) is 0 Å². The Hall–Kier alpha value is -2.89. The van der Waals surface area contributed by atoms with Gasteiger partial charge >= 0.3 is 0 Å². The lowest BCUT2D eigenvalue weighted by Gasteiger charge is -2.24. The van der Waals surface area contributed by atoms with E-state index in [2.05, 4.69) is 10.6 Å². The van der Waals surface area contributed by atoms with Crippen LogP contribution in [-0.4, -0.2) is 17.4 Å². The first-order valence-electron chi connectivity index (χ1n) is 7.87. The molecule has 0 spiro atoms. The third kappa shape index (κ3) is 5.04. The lowest BCUT2D eigenvalue weighted by atomic mass is 10.0. The van der Waals surface area contributed by atoms with Gasteiger partial charge in [0.15, 0.2) is 11.6 Å². The molecule has 2 aromatic rings. The minimum absolute atomic E-state index is 0.111. The van der Waals surface area contributed by atoms with E-state index < -0.39 is 11.4 Å². The zero-order valence-electron chi connectivity index (χ0n) is 14.4. The number of para-hydroxylation sites is 2. The molecule has 132 valence electrons. The quantitative estimate of drug-likeness (QED) is 0.846. The normalized spacial score (nSPS) is 10.9. The molecule has 2 rings (SSSR count). The van der Waals surface area contributed by atoms with Gasteiger partial charge < -0.3 is 15.4 Å². The summed E-state index contributed by atoms with van der Waals surface area (Å²) in [6.07, 6.45) is 0. The second-order valence-electron chi connectivity index (χ2n) is 6.13. The Balaban J connectivity index is 2.10. The summed E-state index contributed by atoms with van der Waals surface area (Å²) in [6.45, 7) is 4.77. The van der Waals surface area contributed by atoms with Crippen LogP contribution in [0.3, 0.4) is 0 Å². The van der Waals surface area contributed by atoms with E-state index in [4.69, 9.17) is 4.74 Å². The molecule has 0 aliphatic rings. The number of hydrogen-bond donors (Lipinski definition) is 2. The Morgan fingerprint density at radius 3 is 2.28 bits per heavy atom. The highest BCUT2D eigenvalue weighted by atomic mass is 19.1. The van der Waals surface area contributed by atoms with Gasteiger partial charge in [0, 0.05) is 19.0 Å². The summed E-state index contributed by atoms with van der Waals surface area (Å²) < 4.78 is 19.4. The summed E-state index contributed by atoms with van der Waals surface area (Å²) >= 11 is 0. The average Bonchev–Trinajstić information content (AvgIpc) is 2.54. The van der Waals surface area contributed by atoms with Gasteiger partial charge in [-0.1, -0.05) is 30.3 Å². The Labute approximate surface area is 146 Å². The largest absolute Gasteiger partial charge is 0.454 e. The molecule has 0 fully saturated rings. The molecule has 0 unspecified atom stereocenters. The highest BCUT2D eigenvalue weighted by Crippen LogP contribution is 2.27. The van der Waals surface area contributed by atoms with Crippen molar-refractivity contribution in [2.45, 2.75) is 32.9 Å². The molecule has 6 heteroatoms. The van der Waals surface area contributed by atoms with E-state index in [9.17, 15) is 14.0 Å². The third-order valence-electron chi connectivity index (χ3n) is 3.52. The predicted octanol–water partition coefficient (Wildman–Crippen LogP) is 3.15. The molecule has 25 heavy (non-hydrogen) atoms. The van der Waals surface area contributed by atoms with Gasteiger partial charge in [0.05, 0.1) is 0 Å². The fraction of sp³-hybridized carbons (Fsp3) is 0.263. The number of carbonyl (C=O) groups excluding carboxylic acids is 2. The summed E-state index contributed by atoms with van der Waals surface area (Å²) in [4.78, 5) is 23.5.